The summed E-state index contributed by atoms with van der Waals surface area (Å²) in [5.74, 6) is -4.31. The maximum Gasteiger partial charge on any atom is 0.439 e. The van der Waals surface area contributed by atoms with Crippen LogP contribution in [0, 0.1) is 17.5 Å². The van der Waals surface area contributed by atoms with Gasteiger partial charge in [-0.25, -0.2) is 27.6 Å². The highest BCUT2D eigenvalue weighted by atomic mass is 19.2. The third kappa shape index (κ3) is 8.11. The molecule has 0 spiro atoms. The Kier molecular flexibility index (Phi) is 10.9. The molecule has 2 aromatic carbocycles. The number of nitrogens with zero attached hydrogens (tertiary/aromatic N) is 4. The van der Waals surface area contributed by atoms with Crippen LogP contribution in [-0.2, 0) is 33.8 Å². The fourth-order valence-electron chi connectivity index (χ4n) is 7.74. The van der Waals surface area contributed by atoms with Gasteiger partial charge < -0.3 is 24.3 Å². The van der Waals surface area contributed by atoms with E-state index in [1.165, 1.54) is 23.1 Å². The molecule has 0 saturated carbocycles. The molecular formula is C41H43F3N6O7. The van der Waals surface area contributed by atoms with E-state index in [2.05, 4.69) is 15.5 Å². The van der Waals surface area contributed by atoms with Gasteiger partial charge in [0, 0.05) is 43.0 Å². The Balaban J connectivity index is 1.40. The highest BCUT2D eigenvalue weighted by Gasteiger charge is 2.44. The number of esters is 1. The number of dihydropyridines is 1. The number of hydrogen-bond acceptors (Lipinski definition) is 9. The topological polar surface area (TPSA) is 152 Å². The van der Waals surface area contributed by atoms with E-state index in [4.69, 9.17) is 14.0 Å². The summed E-state index contributed by atoms with van der Waals surface area (Å²) in [7, 11) is 0. The number of rotatable bonds is 10. The van der Waals surface area contributed by atoms with Crippen molar-refractivity contribution in [1.29, 1.82) is 0 Å². The summed E-state index contributed by atoms with van der Waals surface area (Å²) in [5.41, 5.74) is 2.27. The molecule has 4 aromatic rings. The number of fused-ring (bicyclic) bond motifs is 1. The first kappa shape index (κ1) is 39.2. The summed E-state index contributed by atoms with van der Waals surface area (Å²) in [6.45, 7) is 7.79. The molecule has 57 heavy (non-hydrogen) atoms. The number of ether oxygens (including phenoxy) is 2. The Bertz CT molecular complexity index is 2320. The van der Waals surface area contributed by atoms with Crippen molar-refractivity contribution in [2.75, 3.05) is 19.7 Å². The van der Waals surface area contributed by atoms with Gasteiger partial charge in [0.2, 0.25) is 0 Å². The molecular weight excluding hydrogens is 745 g/mol. The van der Waals surface area contributed by atoms with Gasteiger partial charge in [0.1, 0.15) is 17.1 Å². The minimum absolute atomic E-state index is 0.0111. The highest BCUT2D eigenvalue weighted by molar-refractivity contribution is 6.15. The van der Waals surface area contributed by atoms with Crippen molar-refractivity contribution >= 4 is 29.1 Å². The number of nitrogens with one attached hydrogen (secondary N) is 2. The first-order chi connectivity index (χ1) is 27.2. The largest absolute Gasteiger partial charge is 0.462 e. The number of H-pyrrole nitrogens is 1. The zero-order valence-electron chi connectivity index (χ0n) is 32.0. The number of carbonyl (C=O) groups excluding carboxylic acids is 3. The van der Waals surface area contributed by atoms with Gasteiger partial charge in [0.25, 0.3) is 5.91 Å². The normalized spacial score (nSPS) is 18.5. The molecule has 2 atom stereocenters. The molecule has 0 aliphatic carbocycles. The molecule has 2 N–H and O–H groups in total. The van der Waals surface area contributed by atoms with Crippen LogP contribution >= 0.6 is 0 Å². The van der Waals surface area contributed by atoms with E-state index in [9.17, 15) is 32.3 Å². The second kappa shape index (κ2) is 15.8. The number of carbonyl (C=O) groups is 3. The monoisotopic (exact) mass is 788 g/mol. The molecule has 0 radical (unpaired) electrons. The molecule has 7 rings (SSSR count). The van der Waals surface area contributed by atoms with E-state index in [0.29, 0.717) is 60.3 Å². The SMILES string of the molecule is CCOC(=O)C1=C(C2CCCN2C(=O)OC(C)(C)C)NC(CCc2ccc(F)cc2)C(c2noc(=O)[nH]2)=C1c1ccc2n1CCN(Cc1ccc(F)c(F)c1)C2=O. The molecule has 16 heteroatoms. The zero-order chi connectivity index (χ0) is 40.6. The van der Waals surface area contributed by atoms with Crippen molar-refractivity contribution < 1.29 is 41.6 Å². The lowest BCUT2D eigenvalue weighted by molar-refractivity contribution is -0.138. The van der Waals surface area contributed by atoms with Crippen molar-refractivity contribution in [3.8, 4) is 0 Å². The third-order valence-electron chi connectivity index (χ3n) is 10.2. The molecule has 5 heterocycles. The first-order valence-electron chi connectivity index (χ1n) is 18.9. The van der Waals surface area contributed by atoms with Crippen molar-refractivity contribution in [3.63, 3.8) is 0 Å². The average Bonchev–Trinajstić information content (AvgIpc) is 3.93. The molecule has 2 aromatic heterocycles. The summed E-state index contributed by atoms with van der Waals surface area (Å²) in [6.07, 6.45) is 1.28. The number of likely N-dealkylation sites (tertiary alicyclic amines) is 1. The molecule has 3 aliphatic heterocycles. The van der Waals surface area contributed by atoms with Gasteiger partial charge in [-0.2, -0.15) is 0 Å². The van der Waals surface area contributed by atoms with Gasteiger partial charge in [-0.3, -0.25) is 19.2 Å². The van der Waals surface area contributed by atoms with Crippen LogP contribution in [0.5, 0.6) is 0 Å². The molecule has 3 aliphatic rings. The summed E-state index contributed by atoms with van der Waals surface area (Å²) in [6, 6.07) is 11.5. The number of halogens is 3. The fourth-order valence-corrected chi connectivity index (χ4v) is 7.74. The van der Waals surface area contributed by atoms with Crippen LogP contribution in [0.1, 0.15) is 80.1 Å². The molecule has 2 amide bonds. The lowest BCUT2D eigenvalue weighted by Crippen LogP contribution is -2.48. The Morgan fingerprint density at radius 3 is 2.37 bits per heavy atom. The Morgan fingerprint density at radius 2 is 1.68 bits per heavy atom. The van der Waals surface area contributed by atoms with E-state index in [0.717, 1.165) is 17.7 Å². The van der Waals surface area contributed by atoms with Crippen LogP contribution in [0.3, 0.4) is 0 Å². The predicted octanol–water partition coefficient (Wildman–Crippen LogP) is 5.97. The van der Waals surface area contributed by atoms with Gasteiger partial charge >= 0.3 is 17.8 Å². The number of aromatic amines is 1. The molecule has 1 fully saturated rings. The van der Waals surface area contributed by atoms with E-state index in [1.807, 2.05) is 0 Å². The van der Waals surface area contributed by atoms with Gasteiger partial charge in [0.15, 0.2) is 17.5 Å². The van der Waals surface area contributed by atoms with Crippen LogP contribution in [0.2, 0.25) is 0 Å². The second-order valence-electron chi connectivity index (χ2n) is 15.2. The summed E-state index contributed by atoms with van der Waals surface area (Å²) in [5, 5.41) is 7.62. The molecule has 2 unspecified atom stereocenters. The number of aryl methyl sites for hydroxylation is 1. The van der Waals surface area contributed by atoms with Crippen molar-refractivity contribution in [3.05, 3.63) is 122 Å². The predicted molar refractivity (Wildman–Crippen MR) is 201 cm³/mol. The van der Waals surface area contributed by atoms with Crippen LogP contribution in [-0.4, -0.2) is 79.9 Å². The van der Waals surface area contributed by atoms with Crippen LogP contribution in [0.15, 0.2) is 75.2 Å². The van der Waals surface area contributed by atoms with Gasteiger partial charge in [-0.1, -0.05) is 23.4 Å². The lowest BCUT2D eigenvalue weighted by Gasteiger charge is -2.38. The van der Waals surface area contributed by atoms with Gasteiger partial charge in [-0.15, -0.1) is 0 Å². The quantitative estimate of drug-likeness (QED) is 0.185. The Labute approximate surface area is 326 Å². The maximum absolute atomic E-state index is 14.4. The van der Waals surface area contributed by atoms with E-state index in [1.54, 1.807) is 61.4 Å². The second-order valence-corrected chi connectivity index (χ2v) is 15.2. The van der Waals surface area contributed by atoms with Crippen LogP contribution in [0.4, 0.5) is 18.0 Å². The van der Waals surface area contributed by atoms with Crippen molar-refractivity contribution in [2.45, 2.75) is 84.2 Å². The Hall–Kier alpha value is -6.06. The molecule has 300 valence electrons. The lowest BCUT2D eigenvalue weighted by atomic mass is 9.83. The zero-order valence-corrected chi connectivity index (χ0v) is 32.0. The standard InChI is InChI=1S/C41H43F3N6O7/c1-5-55-38(52)34-33(29-16-17-31-37(51)48(19-20-49(29)31)22-24-10-14-26(43)27(44)21-24)32(36-46-39(53)57-47-36)28(15-11-23-8-12-25(42)13-9-23)45-35(34)30-7-6-18-50(30)40(54)56-41(2,3)4/h8-10,12-14,16-17,21,28,30,45H,5-7,11,15,18-20,22H2,1-4H3,(H,46,47,53). The summed E-state index contributed by atoms with van der Waals surface area (Å²) >= 11 is 0. The first-order valence-corrected chi connectivity index (χ1v) is 18.9. The highest BCUT2D eigenvalue weighted by Crippen LogP contribution is 2.43. The minimum atomic E-state index is -1.02. The smallest absolute Gasteiger partial charge is 0.439 e. The number of amides is 2. The van der Waals surface area contributed by atoms with E-state index in [-0.39, 0.29) is 55.1 Å². The molecule has 13 nitrogen and oxygen atoms in total. The third-order valence-corrected chi connectivity index (χ3v) is 10.2. The Morgan fingerprint density at radius 1 is 0.947 bits per heavy atom. The average molecular weight is 789 g/mol. The minimum Gasteiger partial charge on any atom is -0.462 e. The maximum atomic E-state index is 14.4. The summed E-state index contributed by atoms with van der Waals surface area (Å²) in [4.78, 5) is 60.5. The summed E-state index contributed by atoms with van der Waals surface area (Å²) < 4.78 is 59.9. The molecule has 0 bridgehead atoms. The number of benzene rings is 2. The van der Waals surface area contributed by atoms with Crippen molar-refractivity contribution in [2.24, 2.45) is 0 Å². The van der Waals surface area contributed by atoms with Crippen LogP contribution < -0.4 is 11.1 Å². The van der Waals surface area contributed by atoms with E-state index >= 15 is 0 Å². The van der Waals surface area contributed by atoms with Crippen molar-refractivity contribution in [1.82, 2.24) is 29.8 Å². The van der Waals surface area contributed by atoms with Gasteiger partial charge in [-0.05, 0) is 101 Å². The fraction of sp³-hybridized carbons (Fsp3) is 0.390. The van der Waals surface area contributed by atoms with Crippen LogP contribution in [0.25, 0.3) is 11.1 Å². The van der Waals surface area contributed by atoms with E-state index < -0.39 is 47.1 Å². The van der Waals surface area contributed by atoms with Gasteiger partial charge in [0.05, 0.1) is 30.0 Å². The number of aromatic nitrogens is 3. The number of hydrogen-bond donors (Lipinski definition) is 2. The molecule has 1 saturated heterocycles.